The second-order valence-electron chi connectivity index (χ2n) is 6.76. The highest BCUT2D eigenvalue weighted by atomic mass is 16.2. The van der Waals surface area contributed by atoms with Gasteiger partial charge in [0, 0.05) is 53.0 Å². The lowest BCUT2D eigenvalue weighted by molar-refractivity contribution is 0.0840. The molecule has 3 rings (SSSR count). The highest BCUT2D eigenvalue weighted by molar-refractivity contribution is 6.01. The first-order valence-electron chi connectivity index (χ1n) is 8.81. The lowest BCUT2D eigenvalue weighted by atomic mass is 10.1. The lowest BCUT2D eigenvalue weighted by Crippen LogP contribution is -2.49. The number of anilines is 1. The minimum absolute atomic E-state index is 0.0816. The van der Waals surface area contributed by atoms with Gasteiger partial charge in [-0.05, 0) is 12.1 Å². The van der Waals surface area contributed by atoms with E-state index in [1.54, 1.807) is 6.20 Å². The maximum Gasteiger partial charge on any atom is 0.332 e. The number of hydrogen-bond donors (Lipinski definition) is 1. The van der Waals surface area contributed by atoms with Crippen molar-refractivity contribution in [2.45, 2.75) is 6.54 Å². The molecule has 0 radical (unpaired) electrons. The summed E-state index contributed by atoms with van der Waals surface area (Å²) in [5.74, 6) is -0.441. The highest BCUT2D eigenvalue weighted by Gasteiger charge is 2.24. The minimum atomic E-state index is -0.644. The number of carbonyl (C=O) groups is 1. The quantitative estimate of drug-likeness (QED) is 0.675. The van der Waals surface area contributed by atoms with E-state index in [4.69, 9.17) is 5.73 Å². The van der Waals surface area contributed by atoms with Gasteiger partial charge in [0.1, 0.15) is 11.4 Å². The van der Waals surface area contributed by atoms with Gasteiger partial charge < -0.3 is 5.73 Å². The fourth-order valence-electron chi connectivity index (χ4n) is 3.23. The van der Waals surface area contributed by atoms with Gasteiger partial charge in [0.05, 0.1) is 12.2 Å². The van der Waals surface area contributed by atoms with Crippen molar-refractivity contribution < 1.29 is 4.79 Å². The Labute approximate surface area is 156 Å². The third-order valence-electron chi connectivity index (χ3n) is 4.93. The Morgan fingerprint density at radius 2 is 1.74 bits per heavy atom. The molecule has 1 saturated heterocycles. The zero-order valence-corrected chi connectivity index (χ0v) is 15.6. The average Bonchev–Trinajstić information content (AvgIpc) is 2.67. The number of nitrogens with zero attached hydrogens (tertiary/aromatic N) is 5. The number of rotatable bonds is 5. The maximum atomic E-state index is 12.7. The van der Waals surface area contributed by atoms with Crippen molar-refractivity contribution in [1.82, 2.24) is 23.9 Å². The van der Waals surface area contributed by atoms with Gasteiger partial charge in [0.2, 0.25) is 0 Å². The van der Waals surface area contributed by atoms with E-state index < -0.39 is 11.2 Å². The summed E-state index contributed by atoms with van der Waals surface area (Å²) in [6.45, 7) is 3.93. The molecule has 1 aliphatic rings. The molecular formula is C18H24N6O3. The SMILES string of the molecule is Cn1c(N)c(C(=O)CN2CCN(Cc3ccccn3)CC2)c(=O)n(C)c1=O. The normalized spacial score (nSPS) is 15.8. The molecule has 9 heteroatoms. The Kier molecular flexibility index (Phi) is 5.52. The van der Waals surface area contributed by atoms with Crippen molar-refractivity contribution in [3.05, 3.63) is 56.5 Å². The van der Waals surface area contributed by atoms with E-state index in [9.17, 15) is 14.4 Å². The van der Waals surface area contributed by atoms with Gasteiger partial charge in [-0.3, -0.25) is 33.5 Å². The summed E-state index contributed by atoms with van der Waals surface area (Å²) in [6.07, 6.45) is 1.78. The molecule has 2 aromatic heterocycles. The number of nitrogen functional groups attached to an aromatic ring is 1. The second kappa shape index (κ2) is 7.85. The van der Waals surface area contributed by atoms with Gasteiger partial charge in [0.25, 0.3) is 5.56 Å². The minimum Gasteiger partial charge on any atom is -0.384 e. The largest absolute Gasteiger partial charge is 0.384 e. The summed E-state index contributed by atoms with van der Waals surface area (Å²) < 4.78 is 2.04. The molecule has 2 aromatic rings. The van der Waals surface area contributed by atoms with E-state index in [1.165, 1.54) is 14.1 Å². The molecule has 0 aliphatic carbocycles. The summed E-state index contributed by atoms with van der Waals surface area (Å²) in [4.78, 5) is 45.5. The van der Waals surface area contributed by atoms with Gasteiger partial charge in [-0.1, -0.05) is 6.07 Å². The van der Waals surface area contributed by atoms with Crippen molar-refractivity contribution in [2.24, 2.45) is 14.1 Å². The number of ketones is 1. The molecule has 3 heterocycles. The summed E-state index contributed by atoms with van der Waals surface area (Å²) in [5, 5.41) is 0. The van der Waals surface area contributed by atoms with E-state index in [2.05, 4.69) is 9.88 Å². The number of piperazine rings is 1. The second-order valence-corrected chi connectivity index (χ2v) is 6.76. The molecule has 27 heavy (non-hydrogen) atoms. The van der Waals surface area contributed by atoms with Crippen LogP contribution in [-0.2, 0) is 20.6 Å². The number of nitrogens with two attached hydrogens (primary N) is 1. The topological polar surface area (TPSA) is 106 Å². The van der Waals surface area contributed by atoms with E-state index in [-0.39, 0.29) is 23.7 Å². The molecular weight excluding hydrogens is 348 g/mol. The summed E-state index contributed by atoms with van der Waals surface area (Å²) >= 11 is 0. The van der Waals surface area contributed by atoms with Crippen molar-refractivity contribution in [3.8, 4) is 0 Å². The number of carbonyl (C=O) groups excluding carboxylic acids is 1. The Morgan fingerprint density at radius 3 is 2.37 bits per heavy atom. The summed E-state index contributed by atoms with van der Waals surface area (Å²) in [6, 6.07) is 5.85. The first-order valence-corrected chi connectivity index (χ1v) is 8.81. The van der Waals surface area contributed by atoms with E-state index in [0.717, 1.165) is 34.5 Å². The zero-order chi connectivity index (χ0) is 19.6. The number of pyridine rings is 1. The molecule has 0 atom stereocenters. The molecule has 9 nitrogen and oxygen atoms in total. The van der Waals surface area contributed by atoms with Crippen LogP contribution in [-0.4, -0.2) is 62.4 Å². The molecule has 0 spiro atoms. The van der Waals surface area contributed by atoms with Crippen LogP contribution in [0.4, 0.5) is 5.82 Å². The molecule has 0 bridgehead atoms. The van der Waals surface area contributed by atoms with Crippen LogP contribution in [0.1, 0.15) is 16.1 Å². The Balaban J connectivity index is 1.64. The van der Waals surface area contributed by atoms with E-state index in [0.29, 0.717) is 13.1 Å². The molecule has 1 aliphatic heterocycles. The molecule has 144 valence electrons. The van der Waals surface area contributed by atoms with E-state index >= 15 is 0 Å². The number of hydrogen-bond acceptors (Lipinski definition) is 7. The average molecular weight is 372 g/mol. The van der Waals surface area contributed by atoms with Crippen LogP contribution in [0.15, 0.2) is 34.0 Å². The maximum absolute atomic E-state index is 12.7. The van der Waals surface area contributed by atoms with Crippen LogP contribution in [0.3, 0.4) is 0 Å². The smallest absolute Gasteiger partial charge is 0.332 e. The van der Waals surface area contributed by atoms with Gasteiger partial charge >= 0.3 is 5.69 Å². The molecule has 0 unspecified atom stereocenters. The predicted octanol–water partition coefficient (Wildman–Crippen LogP) is -0.938. The third kappa shape index (κ3) is 3.99. The zero-order valence-electron chi connectivity index (χ0n) is 15.6. The van der Waals surface area contributed by atoms with Gasteiger partial charge in [-0.25, -0.2) is 4.79 Å². The van der Waals surface area contributed by atoms with Gasteiger partial charge in [-0.2, -0.15) is 0 Å². The van der Waals surface area contributed by atoms with Crippen LogP contribution in [0.5, 0.6) is 0 Å². The first kappa shape index (κ1) is 19.0. The van der Waals surface area contributed by atoms with Gasteiger partial charge in [0.15, 0.2) is 5.78 Å². The van der Waals surface area contributed by atoms with Crippen LogP contribution >= 0.6 is 0 Å². The summed E-state index contributed by atoms with van der Waals surface area (Å²) in [7, 11) is 2.79. The summed E-state index contributed by atoms with van der Waals surface area (Å²) in [5.41, 5.74) is 5.58. The first-order chi connectivity index (χ1) is 12.9. The van der Waals surface area contributed by atoms with Crippen molar-refractivity contribution in [3.63, 3.8) is 0 Å². The molecule has 0 saturated carbocycles. The van der Waals surface area contributed by atoms with Crippen LogP contribution in [0, 0.1) is 0 Å². The van der Waals surface area contributed by atoms with Crippen LogP contribution < -0.4 is 17.0 Å². The molecule has 1 fully saturated rings. The predicted molar refractivity (Wildman–Crippen MR) is 102 cm³/mol. The standard InChI is InChI=1S/C18H24N6O3/c1-21-16(19)15(17(26)22(2)18(21)27)14(25)12-24-9-7-23(8-10-24)11-13-5-3-4-6-20-13/h3-6H,7-12,19H2,1-2H3. The molecule has 0 aromatic carbocycles. The molecule has 0 amide bonds. The third-order valence-corrected chi connectivity index (χ3v) is 4.93. The number of aromatic nitrogens is 3. The Hall–Kier alpha value is -2.78. The Morgan fingerprint density at radius 1 is 1.07 bits per heavy atom. The van der Waals surface area contributed by atoms with Crippen molar-refractivity contribution in [2.75, 3.05) is 38.5 Å². The lowest BCUT2D eigenvalue weighted by Gasteiger charge is -2.34. The van der Waals surface area contributed by atoms with Crippen LogP contribution in [0.25, 0.3) is 0 Å². The van der Waals surface area contributed by atoms with Crippen molar-refractivity contribution in [1.29, 1.82) is 0 Å². The molecule has 2 N–H and O–H groups in total. The number of Topliss-reactive ketones (excluding diaryl/α,β-unsaturated/α-hetero) is 1. The van der Waals surface area contributed by atoms with E-state index in [1.807, 2.05) is 23.1 Å². The fourth-order valence-corrected chi connectivity index (χ4v) is 3.23. The highest BCUT2D eigenvalue weighted by Crippen LogP contribution is 2.09. The van der Waals surface area contributed by atoms with Gasteiger partial charge in [-0.15, -0.1) is 0 Å². The van der Waals surface area contributed by atoms with Crippen LogP contribution in [0.2, 0.25) is 0 Å². The van der Waals surface area contributed by atoms with Crippen molar-refractivity contribution >= 4 is 11.6 Å². The monoisotopic (exact) mass is 372 g/mol. The Bertz CT molecular complexity index is 942. The fraction of sp³-hybridized carbons (Fsp3) is 0.444.